The molecule has 1 atom stereocenters. The molecule has 5 nitrogen and oxygen atoms in total. The standard InChI is InChI=1S/C22H36N2O3/c1-5-26-19-9-8-18(15-20(19)27-6-2)22(16(3)4)24-21(25)10-7-17-11-13-23-14-12-17/h8-9,15-17,22-23H,5-7,10-14H2,1-4H3,(H,24,25). The number of ether oxygens (including phenoxy) is 2. The largest absolute Gasteiger partial charge is 0.490 e. The van der Waals surface area contributed by atoms with Gasteiger partial charge >= 0.3 is 0 Å². The van der Waals surface area contributed by atoms with Gasteiger partial charge in [0.2, 0.25) is 5.91 Å². The highest BCUT2D eigenvalue weighted by molar-refractivity contribution is 5.76. The van der Waals surface area contributed by atoms with Crippen LogP contribution >= 0.6 is 0 Å². The van der Waals surface area contributed by atoms with Gasteiger partial charge in [0.1, 0.15) is 0 Å². The van der Waals surface area contributed by atoms with Crippen LogP contribution in [0, 0.1) is 11.8 Å². The molecule has 1 heterocycles. The Morgan fingerprint density at radius 3 is 2.44 bits per heavy atom. The van der Waals surface area contributed by atoms with E-state index in [0.717, 1.165) is 36.6 Å². The quantitative estimate of drug-likeness (QED) is 0.646. The first-order valence-electron chi connectivity index (χ1n) is 10.4. The zero-order valence-electron chi connectivity index (χ0n) is 17.3. The van der Waals surface area contributed by atoms with Crippen molar-refractivity contribution in [1.29, 1.82) is 0 Å². The van der Waals surface area contributed by atoms with Crippen LogP contribution in [0.3, 0.4) is 0 Å². The van der Waals surface area contributed by atoms with Gasteiger partial charge in [0, 0.05) is 6.42 Å². The average molecular weight is 377 g/mol. The van der Waals surface area contributed by atoms with E-state index in [1.54, 1.807) is 0 Å². The van der Waals surface area contributed by atoms with Crippen LogP contribution < -0.4 is 20.1 Å². The Morgan fingerprint density at radius 1 is 1.15 bits per heavy atom. The summed E-state index contributed by atoms with van der Waals surface area (Å²) >= 11 is 0. The second-order valence-corrected chi connectivity index (χ2v) is 7.59. The molecule has 27 heavy (non-hydrogen) atoms. The van der Waals surface area contributed by atoms with Crippen molar-refractivity contribution < 1.29 is 14.3 Å². The molecule has 0 bridgehead atoms. The molecule has 1 aromatic carbocycles. The monoisotopic (exact) mass is 376 g/mol. The van der Waals surface area contributed by atoms with Crippen LogP contribution in [-0.2, 0) is 4.79 Å². The predicted octanol–water partition coefficient (Wildman–Crippen LogP) is 4.08. The van der Waals surface area contributed by atoms with Crippen LogP contribution in [0.5, 0.6) is 11.5 Å². The Kier molecular flexibility index (Phi) is 8.92. The number of piperidine rings is 1. The first-order chi connectivity index (χ1) is 13.0. The van der Waals surface area contributed by atoms with Crippen molar-refractivity contribution in [1.82, 2.24) is 10.6 Å². The molecule has 1 aliphatic rings. The predicted molar refractivity (Wildman–Crippen MR) is 109 cm³/mol. The molecule has 2 N–H and O–H groups in total. The van der Waals surface area contributed by atoms with Crippen LogP contribution in [0.15, 0.2) is 18.2 Å². The second kappa shape index (κ2) is 11.2. The Bertz CT molecular complexity index is 583. The summed E-state index contributed by atoms with van der Waals surface area (Å²) in [5.74, 6) is 2.60. The molecule has 1 aliphatic heterocycles. The number of nitrogens with one attached hydrogen (secondary N) is 2. The smallest absolute Gasteiger partial charge is 0.220 e. The van der Waals surface area contributed by atoms with E-state index in [4.69, 9.17) is 9.47 Å². The number of benzene rings is 1. The molecule has 0 spiro atoms. The number of carbonyl (C=O) groups is 1. The molecule has 2 rings (SSSR count). The molecule has 1 fully saturated rings. The van der Waals surface area contributed by atoms with Crippen LogP contribution in [0.2, 0.25) is 0 Å². The third kappa shape index (κ3) is 6.73. The summed E-state index contributed by atoms with van der Waals surface area (Å²) < 4.78 is 11.4. The van der Waals surface area contributed by atoms with Crippen LogP contribution in [-0.4, -0.2) is 32.2 Å². The van der Waals surface area contributed by atoms with Gasteiger partial charge in [-0.1, -0.05) is 19.9 Å². The summed E-state index contributed by atoms with van der Waals surface area (Å²) in [5, 5.41) is 6.62. The summed E-state index contributed by atoms with van der Waals surface area (Å²) in [7, 11) is 0. The normalized spacial score (nSPS) is 16.2. The van der Waals surface area contributed by atoms with Gasteiger partial charge in [0.25, 0.3) is 0 Å². The maximum atomic E-state index is 12.6. The molecule has 152 valence electrons. The Hall–Kier alpha value is -1.75. The van der Waals surface area contributed by atoms with Crippen molar-refractivity contribution >= 4 is 5.91 Å². The number of rotatable bonds is 10. The lowest BCUT2D eigenvalue weighted by Crippen LogP contribution is -2.33. The second-order valence-electron chi connectivity index (χ2n) is 7.59. The first kappa shape index (κ1) is 21.5. The van der Waals surface area contributed by atoms with Crippen molar-refractivity contribution in [2.24, 2.45) is 11.8 Å². The molecule has 0 aliphatic carbocycles. The van der Waals surface area contributed by atoms with Gasteiger partial charge in [0.05, 0.1) is 19.3 Å². The molecule has 0 radical (unpaired) electrons. The Morgan fingerprint density at radius 2 is 1.81 bits per heavy atom. The minimum Gasteiger partial charge on any atom is -0.490 e. The van der Waals surface area contributed by atoms with E-state index in [1.807, 2.05) is 32.0 Å². The van der Waals surface area contributed by atoms with E-state index in [2.05, 4.69) is 24.5 Å². The van der Waals surface area contributed by atoms with Crippen LogP contribution in [0.1, 0.15) is 65.0 Å². The fourth-order valence-corrected chi connectivity index (χ4v) is 3.65. The van der Waals surface area contributed by atoms with Gasteiger partial charge in [-0.05, 0) is 75.7 Å². The van der Waals surface area contributed by atoms with Crippen molar-refractivity contribution in [2.45, 2.75) is 59.4 Å². The van der Waals surface area contributed by atoms with Gasteiger partial charge in [-0.3, -0.25) is 4.79 Å². The average Bonchev–Trinajstić information content (AvgIpc) is 2.67. The lowest BCUT2D eigenvalue weighted by molar-refractivity contribution is -0.122. The lowest BCUT2D eigenvalue weighted by Gasteiger charge is -2.25. The third-order valence-corrected chi connectivity index (χ3v) is 5.15. The zero-order chi connectivity index (χ0) is 19.6. The number of hydrogen-bond donors (Lipinski definition) is 2. The lowest BCUT2D eigenvalue weighted by atomic mass is 9.92. The minimum atomic E-state index is -0.0274. The summed E-state index contributed by atoms with van der Waals surface area (Å²) in [4.78, 5) is 12.6. The molecule has 5 heteroatoms. The summed E-state index contributed by atoms with van der Waals surface area (Å²) in [6.45, 7) is 11.5. The summed E-state index contributed by atoms with van der Waals surface area (Å²) in [5.41, 5.74) is 1.06. The molecule has 0 saturated carbocycles. The molecule has 1 saturated heterocycles. The maximum absolute atomic E-state index is 12.6. The summed E-state index contributed by atoms with van der Waals surface area (Å²) in [6, 6.07) is 5.96. The zero-order valence-corrected chi connectivity index (χ0v) is 17.3. The van der Waals surface area contributed by atoms with Crippen molar-refractivity contribution in [3.63, 3.8) is 0 Å². The molecular formula is C22H36N2O3. The van der Waals surface area contributed by atoms with Gasteiger partial charge in [-0.25, -0.2) is 0 Å². The topological polar surface area (TPSA) is 59.6 Å². The first-order valence-corrected chi connectivity index (χ1v) is 10.4. The van der Waals surface area contributed by atoms with Gasteiger partial charge in [-0.15, -0.1) is 0 Å². The van der Waals surface area contributed by atoms with Gasteiger partial charge < -0.3 is 20.1 Å². The third-order valence-electron chi connectivity index (χ3n) is 5.15. The molecule has 1 unspecified atom stereocenters. The molecule has 0 aromatic heterocycles. The van der Waals surface area contributed by atoms with Crippen molar-refractivity contribution in [3.8, 4) is 11.5 Å². The van der Waals surface area contributed by atoms with E-state index in [-0.39, 0.29) is 11.9 Å². The molecule has 1 aromatic rings. The number of hydrogen-bond acceptors (Lipinski definition) is 4. The fourth-order valence-electron chi connectivity index (χ4n) is 3.65. The number of amides is 1. The Balaban J connectivity index is 2.02. The van der Waals surface area contributed by atoms with E-state index in [1.165, 1.54) is 12.8 Å². The van der Waals surface area contributed by atoms with Crippen molar-refractivity contribution in [2.75, 3.05) is 26.3 Å². The maximum Gasteiger partial charge on any atom is 0.220 e. The SMILES string of the molecule is CCOc1ccc(C(NC(=O)CCC2CCNCC2)C(C)C)cc1OCC. The van der Waals surface area contributed by atoms with E-state index in [0.29, 0.717) is 31.5 Å². The number of carbonyl (C=O) groups excluding carboxylic acids is 1. The highest BCUT2D eigenvalue weighted by atomic mass is 16.5. The molecule has 1 amide bonds. The Labute approximate surface area is 164 Å². The molecular weight excluding hydrogens is 340 g/mol. The van der Waals surface area contributed by atoms with Crippen LogP contribution in [0.25, 0.3) is 0 Å². The van der Waals surface area contributed by atoms with E-state index >= 15 is 0 Å². The highest BCUT2D eigenvalue weighted by Crippen LogP contribution is 2.33. The van der Waals surface area contributed by atoms with E-state index < -0.39 is 0 Å². The minimum absolute atomic E-state index is 0.0274. The van der Waals surface area contributed by atoms with Crippen molar-refractivity contribution in [3.05, 3.63) is 23.8 Å². The highest BCUT2D eigenvalue weighted by Gasteiger charge is 2.21. The van der Waals surface area contributed by atoms with Gasteiger partial charge in [-0.2, -0.15) is 0 Å². The van der Waals surface area contributed by atoms with E-state index in [9.17, 15) is 4.79 Å². The summed E-state index contributed by atoms with van der Waals surface area (Å²) in [6.07, 6.45) is 3.93. The van der Waals surface area contributed by atoms with Crippen LogP contribution in [0.4, 0.5) is 0 Å². The fraction of sp³-hybridized carbons (Fsp3) is 0.682. The van der Waals surface area contributed by atoms with Gasteiger partial charge in [0.15, 0.2) is 11.5 Å².